The largest absolute Gasteiger partial charge is 0.481 e. The number of ether oxygens (including phenoxy) is 4. The van der Waals surface area contributed by atoms with Crippen molar-refractivity contribution in [2.24, 2.45) is 17.8 Å². The van der Waals surface area contributed by atoms with E-state index in [0.29, 0.717) is 29.7 Å². The number of aryl methyl sites for hydroxylation is 2. The molecule has 27 heteroatoms. The number of carboxylic acid groups (broad SMARTS) is 3. The number of carbonyl (C=O) groups is 5. The van der Waals surface area contributed by atoms with E-state index in [1.807, 2.05) is 20.8 Å². The van der Waals surface area contributed by atoms with Crippen LogP contribution >= 0.6 is 0 Å². The Balaban J connectivity index is 0.000000210. The Hall–Kier alpha value is -5.98. The number of benzene rings is 2. The van der Waals surface area contributed by atoms with Gasteiger partial charge in [-0.1, -0.05) is 27.7 Å². The van der Waals surface area contributed by atoms with Gasteiger partial charge in [-0.15, -0.1) is 0 Å². The number of aliphatic carboxylic acids is 3. The summed E-state index contributed by atoms with van der Waals surface area (Å²) in [7, 11) is 0. The molecule has 2 aromatic carbocycles. The standard InChI is InChI=1S/C18H25NO8.C17H16F2O9.C12H19NO6/c1-4-8(2)16(23)19-10-5-6-11(9(3)7-10)26-18-14(22)12(20)13(21)15(27-18)17(24)25;1-5-4-8(20)27-13-6(5)2-3-7(9(13)15(18)19)26-17-12(23)10(21)11(22)14(28-17)16(24)25;1-3-4(2)11(17)13-6-5(12(18)19)8(14)10(16)9(15)7(6)13/h5-8,12-15,18,20-22H,4H2,1-3H3,(H,19,23)(H,24,25);2-4,10-12,14-15,17,21-23H,1H3,(H,24,25);4-10,14-16H,3H2,1-2H3,(H,18,19). The van der Waals surface area contributed by atoms with Gasteiger partial charge in [0.15, 0.2) is 17.8 Å². The average molecular weight is 1060 g/mol. The summed E-state index contributed by atoms with van der Waals surface area (Å²) in [5.74, 6) is -6.70. The normalized spacial score (nSPS) is 32.1. The molecule has 3 aromatic rings. The number of nitrogens with zero attached hydrogens (tertiary/aromatic N) is 1. The van der Waals surface area contributed by atoms with Gasteiger partial charge in [-0.05, 0) is 68.1 Å². The Labute approximate surface area is 418 Å². The van der Waals surface area contributed by atoms with Gasteiger partial charge < -0.3 is 94.9 Å². The number of carboxylic acids is 3. The molecule has 0 spiro atoms. The van der Waals surface area contributed by atoms with Crippen molar-refractivity contribution in [2.75, 3.05) is 5.32 Å². The number of carbonyl (C=O) groups excluding carboxylic acids is 2. The number of likely N-dealkylation sites (tertiary alicyclic amines) is 1. The lowest BCUT2D eigenvalue weighted by molar-refractivity contribution is -0.271. The fourth-order valence-corrected chi connectivity index (χ4v) is 8.41. The quantitative estimate of drug-likeness (QED) is 0.0719. The van der Waals surface area contributed by atoms with Crippen molar-refractivity contribution in [3.05, 3.63) is 63.5 Å². The number of alkyl halides is 2. The van der Waals surface area contributed by atoms with E-state index in [0.717, 1.165) is 12.1 Å². The summed E-state index contributed by atoms with van der Waals surface area (Å²) in [4.78, 5) is 70.4. The van der Waals surface area contributed by atoms with Gasteiger partial charge in [0.1, 0.15) is 71.8 Å². The molecule has 7 rings (SSSR count). The van der Waals surface area contributed by atoms with Crippen LogP contribution in [0.2, 0.25) is 0 Å². The van der Waals surface area contributed by atoms with Gasteiger partial charge in [-0.2, -0.15) is 0 Å². The average Bonchev–Trinajstić information content (AvgIpc) is 4.08. The van der Waals surface area contributed by atoms with Crippen LogP contribution in [0.15, 0.2) is 45.6 Å². The zero-order valence-electron chi connectivity index (χ0n) is 40.4. The Morgan fingerprint density at radius 1 is 0.635 bits per heavy atom. The molecular formula is C47H60F2N2O23. The topological polar surface area (TPSA) is 410 Å². The molecule has 4 heterocycles. The molecule has 0 bridgehead atoms. The molecule has 3 saturated heterocycles. The molecular weight excluding hydrogens is 999 g/mol. The molecule has 410 valence electrons. The van der Waals surface area contributed by atoms with E-state index in [4.69, 9.17) is 38.7 Å². The molecule has 0 radical (unpaired) electrons. The molecule has 1 aromatic heterocycles. The van der Waals surface area contributed by atoms with Crippen LogP contribution in [0, 0.1) is 31.6 Å². The number of amides is 2. The van der Waals surface area contributed by atoms with Crippen LogP contribution in [0.5, 0.6) is 11.5 Å². The first-order valence-corrected chi connectivity index (χ1v) is 23.1. The molecule has 1 saturated carbocycles. The van der Waals surface area contributed by atoms with Crippen molar-refractivity contribution < 1.29 is 117 Å². The van der Waals surface area contributed by atoms with Crippen molar-refractivity contribution in [3.63, 3.8) is 0 Å². The van der Waals surface area contributed by atoms with Gasteiger partial charge in [-0.3, -0.25) is 14.4 Å². The van der Waals surface area contributed by atoms with Crippen molar-refractivity contribution in [3.8, 4) is 11.5 Å². The van der Waals surface area contributed by atoms with Crippen molar-refractivity contribution >= 4 is 46.4 Å². The van der Waals surface area contributed by atoms with Gasteiger partial charge in [-0.25, -0.2) is 23.2 Å². The van der Waals surface area contributed by atoms with Crippen LogP contribution < -0.4 is 20.4 Å². The summed E-state index contributed by atoms with van der Waals surface area (Å²) < 4.78 is 53.0. The first kappa shape index (κ1) is 58.9. The minimum atomic E-state index is -3.16. The summed E-state index contributed by atoms with van der Waals surface area (Å²) in [5, 5.41) is 118. The van der Waals surface area contributed by atoms with E-state index >= 15 is 0 Å². The lowest BCUT2D eigenvalue weighted by Gasteiger charge is -2.38. The number of fused-ring (bicyclic) bond motifs is 2. The predicted molar refractivity (Wildman–Crippen MR) is 244 cm³/mol. The van der Waals surface area contributed by atoms with Crippen LogP contribution in [0.1, 0.15) is 63.7 Å². The number of aliphatic hydroxyl groups excluding tert-OH is 9. The van der Waals surface area contributed by atoms with Gasteiger partial charge in [0, 0.05) is 29.0 Å². The molecule has 13 N–H and O–H groups in total. The maximum atomic E-state index is 13.7. The van der Waals surface area contributed by atoms with E-state index < -0.39 is 145 Å². The molecule has 18 atom stereocenters. The van der Waals surface area contributed by atoms with Gasteiger partial charge >= 0.3 is 23.5 Å². The zero-order chi connectivity index (χ0) is 55.5. The monoisotopic (exact) mass is 1060 g/mol. The number of hydrogen-bond acceptors (Lipinski definition) is 20. The summed E-state index contributed by atoms with van der Waals surface area (Å²) in [6, 6.07) is 6.92. The van der Waals surface area contributed by atoms with Crippen LogP contribution in [0.25, 0.3) is 11.0 Å². The first-order valence-electron chi connectivity index (χ1n) is 23.1. The van der Waals surface area contributed by atoms with Gasteiger partial charge in [0.05, 0.1) is 18.2 Å². The fourth-order valence-electron chi connectivity index (χ4n) is 8.41. The van der Waals surface area contributed by atoms with Crippen molar-refractivity contribution in [2.45, 2.75) is 153 Å². The molecule has 2 amide bonds. The predicted octanol–water partition coefficient (Wildman–Crippen LogP) is -1.03. The maximum absolute atomic E-state index is 13.7. The van der Waals surface area contributed by atoms with E-state index in [9.17, 15) is 83.5 Å². The minimum absolute atomic E-state index is 0.113. The smallest absolute Gasteiger partial charge is 0.336 e. The number of anilines is 1. The Morgan fingerprint density at radius 2 is 1.14 bits per heavy atom. The van der Waals surface area contributed by atoms with Crippen LogP contribution in [0.4, 0.5) is 14.5 Å². The zero-order valence-corrected chi connectivity index (χ0v) is 40.4. The minimum Gasteiger partial charge on any atom is -0.481 e. The third-order valence-electron chi connectivity index (χ3n) is 13.2. The summed E-state index contributed by atoms with van der Waals surface area (Å²) in [6.07, 6.45) is -24.3. The fraction of sp³-hybridized carbons (Fsp3) is 0.574. The van der Waals surface area contributed by atoms with Gasteiger partial charge in [0.2, 0.25) is 24.4 Å². The number of aliphatic hydroxyl groups is 9. The molecule has 1 aliphatic carbocycles. The summed E-state index contributed by atoms with van der Waals surface area (Å²) in [6.45, 7) is 10.5. The Morgan fingerprint density at radius 3 is 1.61 bits per heavy atom. The molecule has 4 aliphatic rings. The number of hydrogen-bond donors (Lipinski definition) is 13. The summed E-state index contributed by atoms with van der Waals surface area (Å²) in [5.41, 5.74) is -0.547. The molecule has 18 unspecified atom stereocenters. The molecule has 4 fully saturated rings. The Bertz CT molecular complexity index is 2580. The van der Waals surface area contributed by atoms with E-state index in [2.05, 4.69) is 5.32 Å². The van der Waals surface area contributed by atoms with Gasteiger partial charge in [0.25, 0.3) is 6.43 Å². The van der Waals surface area contributed by atoms with Crippen LogP contribution in [0.3, 0.4) is 0 Å². The second-order valence-corrected chi connectivity index (χ2v) is 18.3. The van der Waals surface area contributed by atoms with Crippen molar-refractivity contribution in [1.29, 1.82) is 0 Å². The van der Waals surface area contributed by atoms with Crippen LogP contribution in [-0.4, -0.2) is 188 Å². The van der Waals surface area contributed by atoms with E-state index in [1.165, 1.54) is 24.0 Å². The second-order valence-electron chi connectivity index (χ2n) is 18.3. The van der Waals surface area contributed by atoms with Crippen molar-refractivity contribution in [1.82, 2.24) is 4.90 Å². The molecule has 25 nitrogen and oxygen atoms in total. The highest BCUT2D eigenvalue weighted by atomic mass is 19.3. The lowest BCUT2D eigenvalue weighted by atomic mass is 9.83. The van der Waals surface area contributed by atoms with Crippen LogP contribution in [-0.2, 0) is 33.4 Å². The second kappa shape index (κ2) is 24.1. The highest BCUT2D eigenvalue weighted by Crippen LogP contribution is 2.46. The number of nitrogens with one attached hydrogen (secondary N) is 1. The van der Waals surface area contributed by atoms with E-state index in [-0.39, 0.29) is 34.8 Å². The number of halogens is 2. The molecule has 74 heavy (non-hydrogen) atoms. The SMILES string of the molecule is CCC(C)C(=O)N1C2C(O)C(O)C(O)C(C(=O)O)C21.CCC(C)C(=O)Nc1ccc(OC2OC(C(=O)O)C(O)C(O)C2O)c(C)c1.Cc1cc(=O)oc2c(C(F)F)c(OC3OC(C(=O)O)C(O)C(O)C3O)ccc12. The highest BCUT2D eigenvalue weighted by Gasteiger charge is 2.68. The third-order valence-corrected chi connectivity index (χ3v) is 13.2. The summed E-state index contributed by atoms with van der Waals surface area (Å²) >= 11 is 0. The first-order chi connectivity index (χ1) is 34.6. The molecule has 3 aliphatic heterocycles. The lowest BCUT2D eigenvalue weighted by Crippen LogP contribution is -2.61. The van der Waals surface area contributed by atoms with E-state index in [1.54, 1.807) is 26.0 Å². The maximum Gasteiger partial charge on any atom is 0.336 e. The third kappa shape index (κ3) is 12.4. The Kier molecular flexibility index (Phi) is 19.2. The number of rotatable bonds is 13. The highest BCUT2D eigenvalue weighted by molar-refractivity contribution is 5.92.